The average Bonchev–Trinajstić information content (AvgIpc) is 2.56. The second-order valence-electron chi connectivity index (χ2n) is 3.94. The van der Waals surface area contributed by atoms with Crippen molar-refractivity contribution >= 4 is 0 Å². The maximum atomic E-state index is 5.87. The third-order valence-corrected chi connectivity index (χ3v) is 2.81. The lowest BCUT2D eigenvalue weighted by Crippen LogP contribution is -2.34. The van der Waals surface area contributed by atoms with Gasteiger partial charge in [0, 0.05) is 6.54 Å². The summed E-state index contributed by atoms with van der Waals surface area (Å²) in [6, 6.07) is 0. The van der Waals surface area contributed by atoms with Crippen LogP contribution < -0.4 is 5.73 Å². The van der Waals surface area contributed by atoms with Crippen molar-refractivity contribution in [3.8, 4) is 0 Å². The molecule has 0 radical (unpaired) electrons. The van der Waals surface area contributed by atoms with E-state index in [2.05, 4.69) is 6.92 Å². The molecular formula is C8H15NO. The minimum Gasteiger partial charge on any atom is -0.368 e. The van der Waals surface area contributed by atoms with Crippen LogP contribution in [0, 0.1) is 0 Å². The predicted octanol–water partition coefficient (Wildman–Crippen LogP) is 1.05. The van der Waals surface area contributed by atoms with Crippen LogP contribution in [-0.2, 0) is 4.74 Å². The van der Waals surface area contributed by atoms with E-state index in [1.165, 1.54) is 19.3 Å². The topological polar surface area (TPSA) is 35.2 Å². The van der Waals surface area contributed by atoms with Crippen molar-refractivity contribution < 1.29 is 4.74 Å². The maximum Gasteiger partial charge on any atom is 0.0784 e. The molecule has 1 saturated carbocycles. The molecule has 1 spiro atoms. The lowest BCUT2D eigenvalue weighted by atomic mass is 10.0. The molecule has 1 unspecified atom stereocenters. The number of hydrogen-bond donors (Lipinski definition) is 1. The smallest absolute Gasteiger partial charge is 0.0784 e. The summed E-state index contributed by atoms with van der Waals surface area (Å²) in [5.74, 6) is 0. The molecule has 0 aromatic rings. The van der Waals surface area contributed by atoms with Gasteiger partial charge in [-0.25, -0.2) is 0 Å². The van der Waals surface area contributed by atoms with Crippen LogP contribution >= 0.6 is 0 Å². The Hall–Kier alpha value is -0.0800. The first-order valence-corrected chi connectivity index (χ1v) is 4.08. The number of rotatable bonds is 1. The van der Waals surface area contributed by atoms with E-state index in [1.54, 1.807) is 0 Å². The second kappa shape index (κ2) is 1.74. The van der Waals surface area contributed by atoms with Gasteiger partial charge in [0.15, 0.2) is 0 Å². The summed E-state index contributed by atoms with van der Waals surface area (Å²) in [6.07, 6.45) is 4.93. The van der Waals surface area contributed by atoms with Gasteiger partial charge in [-0.05, 0) is 32.6 Å². The predicted molar refractivity (Wildman–Crippen MR) is 39.7 cm³/mol. The van der Waals surface area contributed by atoms with Gasteiger partial charge >= 0.3 is 0 Å². The molecule has 1 aliphatic carbocycles. The lowest BCUT2D eigenvalue weighted by molar-refractivity contribution is -0.0357. The molecule has 2 rings (SSSR count). The summed E-state index contributed by atoms with van der Waals surface area (Å²) in [7, 11) is 0. The second-order valence-corrected chi connectivity index (χ2v) is 3.94. The van der Waals surface area contributed by atoms with Gasteiger partial charge in [-0.1, -0.05) is 0 Å². The third kappa shape index (κ3) is 0.867. The van der Waals surface area contributed by atoms with Gasteiger partial charge in [0.25, 0.3) is 0 Å². The van der Waals surface area contributed by atoms with Gasteiger partial charge < -0.3 is 10.5 Å². The quantitative estimate of drug-likeness (QED) is 0.592. The van der Waals surface area contributed by atoms with Crippen LogP contribution in [0.25, 0.3) is 0 Å². The maximum absolute atomic E-state index is 5.87. The van der Waals surface area contributed by atoms with E-state index in [0.717, 1.165) is 6.42 Å². The van der Waals surface area contributed by atoms with Gasteiger partial charge in [0.05, 0.1) is 11.2 Å². The number of nitrogens with two attached hydrogens (primary N) is 1. The molecule has 2 aliphatic rings. The van der Waals surface area contributed by atoms with Crippen LogP contribution in [0.3, 0.4) is 0 Å². The van der Waals surface area contributed by atoms with E-state index < -0.39 is 0 Å². The molecule has 0 amide bonds. The minimum atomic E-state index is 0.0104. The average molecular weight is 141 g/mol. The van der Waals surface area contributed by atoms with Gasteiger partial charge in [0.1, 0.15) is 0 Å². The van der Waals surface area contributed by atoms with Gasteiger partial charge in [-0.3, -0.25) is 0 Å². The van der Waals surface area contributed by atoms with Gasteiger partial charge in [-0.2, -0.15) is 0 Å². The third-order valence-electron chi connectivity index (χ3n) is 2.81. The van der Waals surface area contributed by atoms with Crippen molar-refractivity contribution in [3.05, 3.63) is 0 Å². The molecule has 0 bridgehead atoms. The molecule has 2 heteroatoms. The van der Waals surface area contributed by atoms with Crippen LogP contribution in [0.4, 0.5) is 0 Å². The van der Waals surface area contributed by atoms with E-state index in [9.17, 15) is 0 Å². The van der Waals surface area contributed by atoms with Crippen molar-refractivity contribution in [1.29, 1.82) is 0 Å². The van der Waals surface area contributed by atoms with Crippen LogP contribution in [0.1, 0.15) is 32.6 Å². The molecule has 1 saturated heterocycles. The molecule has 1 aliphatic heterocycles. The molecule has 58 valence electrons. The zero-order valence-corrected chi connectivity index (χ0v) is 6.52. The van der Waals surface area contributed by atoms with E-state index >= 15 is 0 Å². The molecule has 2 nitrogen and oxygen atoms in total. The summed E-state index contributed by atoms with van der Waals surface area (Å²) in [6.45, 7) is 2.80. The van der Waals surface area contributed by atoms with Crippen LogP contribution in [-0.4, -0.2) is 17.7 Å². The van der Waals surface area contributed by atoms with Crippen LogP contribution in [0.2, 0.25) is 0 Å². The van der Waals surface area contributed by atoms with E-state index in [0.29, 0.717) is 12.1 Å². The fourth-order valence-electron chi connectivity index (χ4n) is 1.75. The zero-order valence-electron chi connectivity index (χ0n) is 6.52. The Balaban J connectivity index is 2.04. The zero-order chi connectivity index (χ0) is 7.24. The summed E-state index contributed by atoms with van der Waals surface area (Å²) >= 11 is 0. The first-order chi connectivity index (χ1) is 4.68. The van der Waals surface area contributed by atoms with Crippen molar-refractivity contribution in [1.82, 2.24) is 0 Å². The summed E-state index contributed by atoms with van der Waals surface area (Å²) in [5, 5.41) is 0. The number of hydrogen-bond acceptors (Lipinski definition) is 2. The molecule has 0 aromatic carbocycles. The van der Waals surface area contributed by atoms with Gasteiger partial charge in [-0.15, -0.1) is 0 Å². The van der Waals surface area contributed by atoms with Crippen LogP contribution in [0.5, 0.6) is 0 Å². The molecule has 1 atom stereocenters. The highest BCUT2D eigenvalue weighted by Crippen LogP contribution is 2.52. The Kier molecular flexibility index (Phi) is 1.15. The van der Waals surface area contributed by atoms with E-state index in [4.69, 9.17) is 10.5 Å². The first kappa shape index (κ1) is 6.62. The van der Waals surface area contributed by atoms with E-state index in [-0.39, 0.29) is 5.60 Å². The lowest BCUT2D eigenvalue weighted by Gasteiger charge is -2.22. The normalized spacial score (nSPS) is 42.6. The fourth-order valence-corrected chi connectivity index (χ4v) is 1.75. The van der Waals surface area contributed by atoms with Gasteiger partial charge in [0.2, 0.25) is 0 Å². The number of ether oxygens (including phenoxy) is 1. The molecule has 2 N–H and O–H groups in total. The van der Waals surface area contributed by atoms with E-state index in [1.807, 2.05) is 0 Å². The highest BCUT2D eigenvalue weighted by Gasteiger charge is 2.53. The Morgan fingerprint density at radius 2 is 1.90 bits per heavy atom. The minimum absolute atomic E-state index is 0.0104. The van der Waals surface area contributed by atoms with Crippen molar-refractivity contribution in [2.45, 2.75) is 43.8 Å². The monoisotopic (exact) mass is 141 g/mol. The molecule has 2 fully saturated rings. The fraction of sp³-hybridized carbons (Fsp3) is 1.00. The highest BCUT2D eigenvalue weighted by molar-refractivity contribution is 5.04. The van der Waals surface area contributed by atoms with Crippen molar-refractivity contribution in [2.24, 2.45) is 5.73 Å². The molecular weight excluding hydrogens is 126 g/mol. The Morgan fingerprint density at radius 1 is 1.30 bits per heavy atom. The SMILES string of the molecule is CC1(CN)CCC2(CC2)O1. The van der Waals surface area contributed by atoms with Crippen LogP contribution in [0.15, 0.2) is 0 Å². The van der Waals surface area contributed by atoms with Crippen molar-refractivity contribution in [3.63, 3.8) is 0 Å². The molecule has 10 heavy (non-hydrogen) atoms. The Labute approximate surface area is 61.7 Å². The first-order valence-electron chi connectivity index (χ1n) is 4.08. The summed E-state index contributed by atoms with van der Waals surface area (Å²) < 4.78 is 5.87. The standard InChI is InChI=1S/C8H15NO/c1-7(6-9)2-3-8(10-7)4-5-8/h2-6,9H2,1H3. The molecule has 0 aromatic heterocycles. The Morgan fingerprint density at radius 3 is 2.20 bits per heavy atom. The summed E-state index contributed by atoms with van der Waals surface area (Å²) in [4.78, 5) is 0. The largest absolute Gasteiger partial charge is 0.368 e. The van der Waals surface area contributed by atoms with Crippen molar-refractivity contribution in [2.75, 3.05) is 6.54 Å². The Bertz CT molecular complexity index is 153. The summed E-state index contributed by atoms with van der Waals surface area (Å²) in [5.41, 5.74) is 5.90. The highest BCUT2D eigenvalue weighted by atomic mass is 16.5. The molecule has 1 heterocycles.